The highest BCUT2D eigenvalue weighted by Gasteiger charge is 2.25. The second kappa shape index (κ2) is 8.67. The second-order valence-electron chi connectivity index (χ2n) is 6.55. The van der Waals surface area contributed by atoms with Gasteiger partial charge in [-0.15, -0.1) is 0 Å². The van der Waals surface area contributed by atoms with Crippen LogP contribution in [-0.2, 0) is 9.53 Å². The van der Waals surface area contributed by atoms with E-state index in [2.05, 4.69) is 4.99 Å². The largest absolute Gasteiger partial charge is 0.493 e. The fourth-order valence-corrected chi connectivity index (χ4v) is 3.02. The zero-order chi connectivity index (χ0) is 20.3. The van der Waals surface area contributed by atoms with Crippen LogP contribution in [0.5, 0.6) is 11.5 Å². The van der Waals surface area contributed by atoms with E-state index in [0.717, 1.165) is 0 Å². The Balaban J connectivity index is 1.93. The molecule has 0 bridgehead atoms. The first kappa shape index (κ1) is 20.2. The van der Waals surface area contributed by atoms with Gasteiger partial charge in [-0.05, 0) is 41.8 Å². The van der Waals surface area contributed by atoms with Gasteiger partial charge >= 0.3 is 5.97 Å². The Labute approximate surface area is 173 Å². The Morgan fingerprint density at radius 1 is 1.18 bits per heavy atom. The highest BCUT2D eigenvalue weighted by molar-refractivity contribution is 6.34. The van der Waals surface area contributed by atoms with Gasteiger partial charge in [0.05, 0.1) is 29.3 Å². The van der Waals surface area contributed by atoms with Gasteiger partial charge in [-0.3, -0.25) is 0 Å². The van der Waals surface area contributed by atoms with Gasteiger partial charge < -0.3 is 14.2 Å². The maximum atomic E-state index is 12.2. The Hall–Kier alpha value is -2.50. The minimum Gasteiger partial charge on any atom is -0.493 e. The van der Waals surface area contributed by atoms with E-state index in [1.54, 1.807) is 42.5 Å². The SMILES string of the molecule is COc1cc(/C=C2\N=C(c3ccccc3Cl)OC2=O)cc(Cl)c1OCC(C)C. The summed E-state index contributed by atoms with van der Waals surface area (Å²) in [6.45, 7) is 4.59. The van der Waals surface area contributed by atoms with Crippen molar-refractivity contribution in [2.24, 2.45) is 10.9 Å². The molecule has 28 heavy (non-hydrogen) atoms. The summed E-state index contributed by atoms with van der Waals surface area (Å²) in [5, 5.41) is 0.834. The zero-order valence-corrected chi connectivity index (χ0v) is 17.2. The lowest BCUT2D eigenvalue weighted by Gasteiger charge is -2.14. The summed E-state index contributed by atoms with van der Waals surface area (Å²) in [6, 6.07) is 10.4. The van der Waals surface area contributed by atoms with Crippen LogP contribution >= 0.6 is 23.2 Å². The monoisotopic (exact) mass is 419 g/mol. The molecule has 0 fully saturated rings. The first-order valence-corrected chi connectivity index (χ1v) is 9.42. The van der Waals surface area contributed by atoms with Crippen molar-refractivity contribution in [1.82, 2.24) is 0 Å². The molecule has 3 rings (SSSR count). The van der Waals surface area contributed by atoms with Crippen molar-refractivity contribution >= 4 is 41.1 Å². The predicted octanol–water partition coefficient (Wildman–Crippen LogP) is 5.38. The molecule has 2 aromatic rings. The summed E-state index contributed by atoms with van der Waals surface area (Å²) in [5.74, 6) is 0.881. The van der Waals surface area contributed by atoms with Crippen molar-refractivity contribution in [3.05, 3.63) is 63.3 Å². The number of cyclic esters (lactones) is 1. The minimum absolute atomic E-state index is 0.142. The van der Waals surface area contributed by atoms with Crippen molar-refractivity contribution < 1.29 is 19.0 Å². The molecule has 2 aromatic carbocycles. The average Bonchev–Trinajstić information content (AvgIpc) is 3.00. The van der Waals surface area contributed by atoms with Crippen LogP contribution in [0.15, 0.2) is 47.1 Å². The third-order valence-electron chi connectivity index (χ3n) is 3.84. The molecule has 0 aromatic heterocycles. The fraction of sp³-hybridized carbons (Fsp3) is 0.238. The van der Waals surface area contributed by atoms with E-state index >= 15 is 0 Å². The normalized spacial score (nSPS) is 15.0. The van der Waals surface area contributed by atoms with Gasteiger partial charge in [-0.1, -0.05) is 49.2 Å². The number of halogens is 2. The minimum atomic E-state index is -0.565. The Bertz CT molecular complexity index is 967. The third kappa shape index (κ3) is 4.49. The van der Waals surface area contributed by atoms with Crippen molar-refractivity contribution in [3.63, 3.8) is 0 Å². The molecule has 0 N–H and O–H groups in total. The molecule has 0 atom stereocenters. The number of methoxy groups -OCH3 is 1. The van der Waals surface area contributed by atoms with Crippen LogP contribution in [0.2, 0.25) is 10.0 Å². The standard InChI is InChI=1S/C21H19Cl2NO4/c1-12(2)11-27-19-16(23)8-13(10-18(19)26-3)9-17-21(25)28-20(24-17)14-6-4-5-7-15(14)22/h4-10,12H,11H2,1-3H3/b17-9-. The molecular formula is C21H19Cl2NO4. The summed E-state index contributed by atoms with van der Waals surface area (Å²) in [6.07, 6.45) is 1.58. The molecular weight excluding hydrogens is 401 g/mol. The highest BCUT2D eigenvalue weighted by atomic mass is 35.5. The quantitative estimate of drug-likeness (QED) is 0.465. The Morgan fingerprint density at radius 2 is 1.93 bits per heavy atom. The molecule has 0 amide bonds. The van der Waals surface area contributed by atoms with E-state index in [9.17, 15) is 4.79 Å². The van der Waals surface area contributed by atoms with Crippen LogP contribution in [0.4, 0.5) is 0 Å². The van der Waals surface area contributed by atoms with Gasteiger partial charge in [0, 0.05) is 0 Å². The zero-order valence-electron chi connectivity index (χ0n) is 15.7. The van der Waals surface area contributed by atoms with E-state index in [4.69, 9.17) is 37.4 Å². The molecule has 1 aliphatic rings. The van der Waals surface area contributed by atoms with Gasteiger partial charge in [0.25, 0.3) is 0 Å². The number of benzene rings is 2. The summed E-state index contributed by atoms with van der Waals surface area (Å²) in [5.41, 5.74) is 1.33. The van der Waals surface area contributed by atoms with Crippen LogP contribution < -0.4 is 9.47 Å². The highest BCUT2D eigenvalue weighted by Crippen LogP contribution is 2.37. The molecule has 0 spiro atoms. The summed E-state index contributed by atoms with van der Waals surface area (Å²) in [7, 11) is 1.53. The van der Waals surface area contributed by atoms with E-state index in [0.29, 0.717) is 45.2 Å². The smallest absolute Gasteiger partial charge is 0.363 e. The van der Waals surface area contributed by atoms with Gasteiger partial charge in [-0.25, -0.2) is 9.79 Å². The van der Waals surface area contributed by atoms with E-state index in [-0.39, 0.29) is 11.6 Å². The summed E-state index contributed by atoms with van der Waals surface area (Å²) in [4.78, 5) is 16.5. The Morgan fingerprint density at radius 3 is 2.61 bits per heavy atom. The number of hydrogen-bond donors (Lipinski definition) is 0. The topological polar surface area (TPSA) is 57.1 Å². The van der Waals surface area contributed by atoms with Crippen molar-refractivity contribution in [1.29, 1.82) is 0 Å². The number of aliphatic imine (C=N–C) groups is 1. The van der Waals surface area contributed by atoms with Gasteiger partial charge in [0.15, 0.2) is 17.2 Å². The number of nitrogens with zero attached hydrogens (tertiary/aromatic N) is 1. The first-order chi connectivity index (χ1) is 13.4. The average molecular weight is 420 g/mol. The second-order valence-corrected chi connectivity index (χ2v) is 7.37. The lowest BCUT2D eigenvalue weighted by Crippen LogP contribution is -2.06. The first-order valence-electron chi connectivity index (χ1n) is 8.67. The van der Waals surface area contributed by atoms with Crippen LogP contribution in [-0.4, -0.2) is 25.6 Å². The molecule has 7 heteroatoms. The molecule has 0 saturated heterocycles. The van der Waals surface area contributed by atoms with Crippen molar-refractivity contribution in [2.45, 2.75) is 13.8 Å². The van der Waals surface area contributed by atoms with Crippen molar-refractivity contribution in [2.75, 3.05) is 13.7 Å². The number of rotatable bonds is 6. The lowest BCUT2D eigenvalue weighted by atomic mass is 10.1. The number of ether oxygens (including phenoxy) is 3. The van der Waals surface area contributed by atoms with Gasteiger partial charge in [0.1, 0.15) is 0 Å². The lowest BCUT2D eigenvalue weighted by molar-refractivity contribution is -0.129. The van der Waals surface area contributed by atoms with E-state index < -0.39 is 5.97 Å². The molecule has 0 aliphatic carbocycles. The maximum absolute atomic E-state index is 12.2. The Kier molecular flexibility index (Phi) is 6.27. The molecule has 1 aliphatic heterocycles. The van der Waals surface area contributed by atoms with Gasteiger partial charge in [-0.2, -0.15) is 0 Å². The predicted molar refractivity (Wildman–Crippen MR) is 110 cm³/mol. The molecule has 0 unspecified atom stereocenters. The number of esters is 1. The molecule has 0 saturated carbocycles. The summed E-state index contributed by atoms with van der Waals surface area (Å²) < 4.78 is 16.4. The maximum Gasteiger partial charge on any atom is 0.363 e. The van der Waals surface area contributed by atoms with Crippen LogP contribution in [0.3, 0.4) is 0 Å². The molecule has 146 valence electrons. The number of carbonyl (C=O) groups excluding carboxylic acids is 1. The molecule has 1 heterocycles. The summed E-state index contributed by atoms with van der Waals surface area (Å²) >= 11 is 12.5. The third-order valence-corrected chi connectivity index (χ3v) is 4.45. The van der Waals surface area contributed by atoms with Gasteiger partial charge in [0.2, 0.25) is 5.90 Å². The van der Waals surface area contributed by atoms with Crippen molar-refractivity contribution in [3.8, 4) is 11.5 Å². The molecule has 5 nitrogen and oxygen atoms in total. The fourth-order valence-electron chi connectivity index (χ4n) is 2.53. The van der Waals surface area contributed by atoms with E-state index in [1.165, 1.54) is 7.11 Å². The van der Waals surface area contributed by atoms with Crippen LogP contribution in [0, 0.1) is 5.92 Å². The van der Waals surface area contributed by atoms with E-state index in [1.807, 2.05) is 13.8 Å². The molecule has 0 radical (unpaired) electrons. The van der Waals surface area contributed by atoms with Crippen LogP contribution in [0.1, 0.15) is 25.0 Å². The van der Waals surface area contributed by atoms with Crippen LogP contribution in [0.25, 0.3) is 6.08 Å². The number of hydrogen-bond acceptors (Lipinski definition) is 5. The number of carbonyl (C=O) groups is 1.